The minimum atomic E-state index is 0.702. The summed E-state index contributed by atoms with van der Waals surface area (Å²) in [7, 11) is 1.71. The summed E-state index contributed by atoms with van der Waals surface area (Å²) >= 11 is 0. The van der Waals surface area contributed by atoms with Crippen LogP contribution in [0.4, 0.5) is 11.6 Å². The fourth-order valence-electron chi connectivity index (χ4n) is 2.12. The van der Waals surface area contributed by atoms with Crippen LogP contribution in [0.5, 0.6) is 0 Å². The minimum Gasteiger partial charge on any atom is -0.385 e. The lowest BCUT2D eigenvalue weighted by molar-refractivity contribution is 0.198. The average Bonchev–Trinajstić information content (AvgIpc) is 2.95. The van der Waals surface area contributed by atoms with Gasteiger partial charge in [-0.25, -0.2) is 9.97 Å². The molecule has 1 atom stereocenters. The van der Waals surface area contributed by atoms with Crippen molar-refractivity contribution in [1.29, 1.82) is 0 Å². The van der Waals surface area contributed by atoms with Gasteiger partial charge in [0.15, 0.2) is 0 Å². The number of hydrogen-bond donors (Lipinski definition) is 3. The van der Waals surface area contributed by atoms with E-state index in [0.29, 0.717) is 5.92 Å². The molecule has 6 heteroatoms. The summed E-state index contributed by atoms with van der Waals surface area (Å²) in [5.41, 5.74) is 0. The van der Waals surface area contributed by atoms with E-state index >= 15 is 0 Å². The quantitative estimate of drug-likeness (QED) is 0.608. The van der Waals surface area contributed by atoms with Crippen molar-refractivity contribution in [2.75, 3.05) is 50.5 Å². The molecule has 6 nitrogen and oxygen atoms in total. The van der Waals surface area contributed by atoms with Crippen LogP contribution in [0.25, 0.3) is 0 Å². The Morgan fingerprint density at radius 3 is 2.95 bits per heavy atom. The van der Waals surface area contributed by atoms with E-state index in [0.717, 1.165) is 50.8 Å². The first kappa shape index (κ1) is 14.0. The van der Waals surface area contributed by atoms with Crippen LogP contribution in [0.15, 0.2) is 12.4 Å². The molecule has 1 aliphatic heterocycles. The third kappa shape index (κ3) is 5.00. The monoisotopic (exact) mass is 265 g/mol. The van der Waals surface area contributed by atoms with Gasteiger partial charge in [-0.15, -0.1) is 0 Å². The van der Waals surface area contributed by atoms with Crippen LogP contribution in [-0.2, 0) is 4.74 Å². The van der Waals surface area contributed by atoms with E-state index in [1.807, 2.05) is 6.07 Å². The van der Waals surface area contributed by atoms with Crippen LogP contribution in [0, 0.1) is 5.92 Å². The predicted molar refractivity (Wildman–Crippen MR) is 76.5 cm³/mol. The highest BCUT2D eigenvalue weighted by molar-refractivity contribution is 5.46. The van der Waals surface area contributed by atoms with E-state index in [2.05, 4.69) is 25.9 Å². The van der Waals surface area contributed by atoms with E-state index in [9.17, 15) is 0 Å². The van der Waals surface area contributed by atoms with Crippen molar-refractivity contribution in [3.05, 3.63) is 12.4 Å². The van der Waals surface area contributed by atoms with Gasteiger partial charge in [-0.2, -0.15) is 0 Å². The zero-order valence-corrected chi connectivity index (χ0v) is 11.5. The Hall–Kier alpha value is -1.40. The summed E-state index contributed by atoms with van der Waals surface area (Å²) in [6.45, 7) is 4.81. The molecule has 2 heterocycles. The second-order valence-corrected chi connectivity index (χ2v) is 4.80. The number of ether oxygens (including phenoxy) is 1. The third-order valence-electron chi connectivity index (χ3n) is 3.23. The van der Waals surface area contributed by atoms with Crippen molar-refractivity contribution in [3.8, 4) is 0 Å². The van der Waals surface area contributed by atoms with Crippen molar-refractivity contribution in [3.63, 3.8) is 0 Å². The number of nitrogens with zero attached hydrogens (tertiary/aromatic N) is 2. The van der Waals surface area contributed by atoms with Crippen LogP contribution in [0.2, 0.25) is 0 Å². The third-order valence-corrected chi connectivity index (χ3v) is 3.23. The van der Waals surface area contributed by atoms with Gasteiger partial charge in [0.2, 0.25) is 0 Å². The number of rotatable bonds is 8. The molecule has 0 radical (unpaired) electrons. The highest BCUT2D eigenvalue weighted by Crippen LogP contribution is 2.12. The molecule has 0 aromatic carbocycles. The highest BCUT2D eigenvalue weighted by atomic mass is 16.5. The number of aromatic nitrogens is 2. The summed E-state index contributed by atoms with van der Waals surface area (Å²) in [4.78, 5) is 8.44. The van der Waals surface area contributed by atoms with E-state index in [1.165, 1.54) is 6.42 Å². The maximum absolute atomic E-state index is 5.01. The van der Waals surface area contributed by atoms with Crippen molar-refractivity contribution < 1.29 is 4.74 Å². The summed E-state index contributed by atoms with van der Waals surface area (Å²) in [6, 6.07) is 1.95. The summed E-state index contributed by atoms with van der Waals surface area (Å²) in [6.07, 6.45) is 3.80. The van der Waals surface area contributed by atoms with Crippen LogP contribution in [-0.4, -0.2) is 49.9 Å². The lowest BCUT2D eigenvalue weighted by Gasteiger charge is -2.11. The lowest BCUT2D eigenvalue weighted by Crippen LogP contribution is -2.18. The Balaban J connectivity index is 1.74. The second-order valence-electron chi connectivity index (χ2n) is 4.80. The maximum Gasteiger partial charge on any atom is 0.131 e. The first-order valence-electron chi connectivity index (χ1n) is 6.88. The van der Waals surface area contributed by atoms with Gasteiger partial charge in [0.25, 0.3) is 0 Å². The van der Waals surface area contributed by atoms with Crippen LogP contribution in [0.1, 0.15) is 12.8 Å². The summed E-state index contributed by atoms with van der Waals surface area (Å²) < 4.78 is 5.01. The number of hydrogen-bond acceptors (Lipinski definition) is 6. The molecule has 1 aromatic rings. The molecule has 19 heavy (non-hydrogen) atoms. The molecular weight excluding hydrogens is 242 g/mol. The fraction of sp³-hybridized carbons (Fsp3) is 0.692. The first-order valence-corrected chi connectivity index (χ1v) is 6.88. The molecule has 0 saturated carbocycles. The van der Waals surface area contributed by atoms with Crippen molar-refractivity contribution >= 4 is 11.6 Å². The molecular formula is C13H23N5O. The fourth-order valence-corrected chi connectivity index (χ4v) is 2.12. The Kier molecular flexibility index (Phi) is 5.84. The summed E-state index contributed by atoms with van der Waals surface area (Å²) in [5.74, 6) is 2.45. The molecule has 1 fully saturated rings. The van der Waals surface area contributed by atoms with Gasteiger partial charge in [0.1, 0.15) is 18.0 Å². The van der Waals surface area contributed by atoms with E-state index in [4.69, 9.17) is 4.74 Å². The zero-order chi connectivity index (χ0) is 13.3. The molecule has 0 aliphatic carbocycles. The van der Waals surface area contributed by atoms with Gasteiger partial charge in [-0.3, -0.25) is 0 Å². The first-order chi connectivity index (χ1) is 9.38. The predicted octanol–water partition coefficient (Wildman–Crippen LogP) is 0.946. The van der Waals surface area contributed by atoms with Crippen molar-refractivity contribution in [1.82, 2.24) is 15.3 Å². The lowest BCUT2D eigenvalue weighted by atomic mass is 10.1. The second kappa shape index (κ2) is 7.91. The smallest absolute Gasteiger partial charge is 0.131 e. The van der Waals surface area contributed by atoms with Gasteiger partial charge >= 0.3 is 0 Å². The molecule has 1 aliphatic rings. The normalized spacial score (nSPS) is 18.5. The van der Waals surface area contributed by atoms with E-state index in [1.54, 1.807) is 13.4 Å². The molecule has 2 rings (SSSR count). The number of methoxy groups -OCH3 is 1. The van der Waals surface area contributed by atoms with E-state index < -0.39 is 0 Å². The maximum atomic E-state index is 5.01. The topological polar surface area (TPSA) is 71.1 Å². The molecule has 0 bridgehead atoms. The Morgan fingerprint density at radius 2 is 2.21 bits per heavy atom. The van der Waals surface area contributed by atoms with Crippen molar-refractivity contribution in [2.45, 2.75) is 12.8 Å². The van der Waals surface area contributed by atoms with Gasteiger partial charge in [0, 0.05) is 32.9 Å². The SMILES string of the molecule is COCCCNc1cc(NCC2CCNC2)ncn1. The zero-order valence-electron chi connectivity index (χ0n) is 11.5. The van der Waals surface area contributed by atoms with Crippen LogP contribution < -0.4 is 16.0 Å². The van der Waals surface area contributed by atoms with Gasteiger partial charge in [-0.1, -0.05) is 0 Å². The Morgan fingerprint density at radius 1 is 1.37 bits per heavy atom. The van der Waals surface area contributed by atoms with Gasteiger partial charge in [0.05, 0.1) is 0 Å². The Labute approximate surface area is 114 Å². The highest BCUT2D eigenvalue weighted by Gasteiger charge is 2.13. The molecule has 3 N–H and O–H groups in total. The Bertz CT molecular complexity index is 368. The molecule has 1 unspecified atom stereocenters. The molecule has 0 amide bonds. The van der Waals surface area contributed by atoms with Gasteiger partial charge < -0.3 is 20.7 Å². The summed E-state index contributed by atoms with van der Waals surface area (Å²) in [5, 5.41) is 10.0. The molecule has 0 spiro atoms. The van der Waals surface area contributed by atoms with Crippen LogP contribution >= 0.6 is 0 Å². The standard InChI is InChI=1S/C13H23N5O/c1-19-6-2-4-15-12-7-13(18-10-17-12)16-9-11-3-5-14-8-11/h7,10-11,14H,2-6,8-9H2,1H3,(H2,15,16,17,18). The number of anilines is 2. The largest absolute Gasteiger partial charge is 0.385 e. The van der Waals surface area contributed by atoms with Crippen LogP contribution in [0.3, 0.4) is 0 Å². The van der Waals surface area contributed by atoms with E-state index in [-0.39, 0.29) is 0 Å². The van der Waals surface area contributed by atoms with Crippen molar-refractivity contribution in [2.24, 2.45) is 5.92 Å². The molecule has 106 valence electrons. The molecule has 1 aromatic heterocycles. The molecule has 1 saturated heterocycles. The van der Waals surface area contributed by atoms with Gasteiger partial charge in [-0.05, 0) is 31.8 Å². The number of nitrogens with one attached hydrogen (secondary N) is 3. The average molecular weight is 265 g/mol. The minimum absolute atomic E-state index is 0.702.